The van der Waals surface area contributed by atoms with Crippen molar-refractivity contribution in [1.29, 1.82) is 0 Å². The average molecular weight is 300 g/mol. The van der Waals surface area contributed by atoms with Crippen molar-refractivity contribution in [3.8, 4) is 5.75 Å². The molecule has 0 heterocycles. The van der Waals surface area contributed by atoms with E-state index in [2.05, 4.69) is 29.9 Å². The van der Waals surface area contributed by atoms with Crippen molar-refractivity contribution in [3.05, 3.63) is 65.7 Å². The summed E-state index contributed by atoms with van der Waals surface area (Å²) < 4.78 is 5.39. The first-order chi connectivity index (χ1) is 10.8. The molecule has 0 saturated heterocycles. The maximum Gasteiger partial charge on any atom is 0.123 e. The predicted octanol–water partition coefficient (Wildman–Crippen LogP) is 3.28. The summed E-state index contributed by atoms with van der Waals surface area (Å²) in [5.74, 6) is 0.867. The zero-order chi connectivity index (χ0) is 15.8. The molecule has 22 heavy (non-hydrogen) atoms. The van der Waals surface area contributed by atoms with E-state index < -0.39 is 0 Å². The topological polar surface area (TPSA) is 53.5 Å². The summed E-state index contributed by atoms with van der Waals surface area (Å²) in [4.78, 5) is 0. The summed E-state index contributed by atoms with van der Waals surface area (Å²) in [6, 6.07) is 18.1. The SMILES string of the molecule is CC[C@@H](NO)[C@@H](NCc1ccccc1OC)c1ccccc1. The van der Waals surface area contributed by atoms with Gasteiger partial charge >= 0.3 is 0 Å². The van der Waals surface area contributed by atoms with Crippen molar-refractivity contribution in [2.45, 2.75) is 32.0 Å². The Bertz CT molecular complexity index is 556. The lowest BCUT2D eigenvalue weighted by Gasteiger charge is -2.27. The second-order valence-electron chi connectivity index (χ2n) is 5.22. The number of ether oxygens (including phenoxy) is 1. The van der Waals surface area contributed by atoms with Crippen molar-refractivity contribution < 1.29 is 9.94 Å². The van der Waals surface area contributed by atoms with E-state index in [1.165, 1.54) is 0 Å². The van der Waals surface area contributed by atoms with E-state index in [1.807, 2.05) is 42.5 Å². The molecule has 2 aromatic rings. The molecule has 3 N–H and O–H groups in total. The Morgan fingerprint density at radius 3 is 2.36 bits per heavy atom. The molecule has 118 valence electrons. The summed E-state index contributed by atoms with van der Waals surface area (Å²) in [7, 11) is 1.68. The molecule has 4 heteroatoms. The van der Waals surface area contributed by atoms with Gasteiger partial charge in [-0.15, -0.1) is 0 Å². The highest BCUT2D eigenvalue weighted by atomic mass is 16.5. The molecule has 4 nitrogen and oxygen atoms in total. The Morgan fingerprint density at radius 2 is 1.73 bits per heavy atom. The number of benzene rings is 2. The summed E-state index contributed by atoms with van der Waals surface area (Å²) in [5, 5.41) is 13.0. The van der Waals surface area contributed by atoms with Crippen LogP contribution in [0.15, 0.2) is 54.6 Å². The van der Waals surface area contributed by atoms with Gasteiger partial charge in [0.1, 0.15) is 5.75 Å². The summed E-state index contributed by atoms with van der Waals surface area (Å²) in [5.41, 5.74) is 4.66. The van der Waals surface area contributed by atoms with Gasteiger partial charge in [0.05, 0.1) is 19.2 Å². The largest absolute Gasteiger partial charge is 0.496 e. The van der Waals surface area contributed by atoms with Crippen LogP contribution in [0.4, 0.5) is 0 Å². The van der Waals surface area contributed by atoms with Crippen LogP contribution in [0.25, 0.3) is 0 Å². The molecule has 0 radical (unpaired) electrons. The smallest absolute Gasteiger partial charge is 0.123 e. The van der Waals surface area contributed by atoms with Gasteiger partial charge in [0, 0.05) is 12.1 Å². The summed E-state index contributed by atoms with van der Waals surface area (Å²) in [6.07, 6.45) is 0.814. The predicted molar refractivity (Wildman–Crippen MR) is 88.0 cm³/mol. The highest BCUT2D eigenvalue weighted by Crippen LogP contribution is 2.22. The van der Waals surface area contributed by atoms with E-state index in [0.717, 1.165) is 23.3 Å². The summed E-state index contributed by atoms with van der Waals surface area (Å²) in [6.45, 7) is 2.72. The second-order valence-corrected chi connectivity index (χ2v) is 5.22. The molecule has 2 aromatic carbocycles. The Hall–Kier alpha value is -1.88. The van der Waals surface area contributed by atoms with Gasteiger partial charge in [-0.1, -0.05) is 55.5 Å². The molecular formula is C18H24N2O2. The van der Waals surface area contributed by atoms with E-state index in [4.69, 9.17) is 4.74 Å². The normalized spacial score (nSPS) is 13.6. The van der Waals surface area contributed by atoms with Crippen LogP contribution in [-0.4, -0.2) is 18.4 Å². The van der Waals surface area contributed by atoms with Gasteiger partial charge in [-0.25, -0.2) is 5.48 Å². The second kappa shape index (κ2) is 8.54. The third-order valence-corrected chi connectivity index (χ3v) is 3.87. The molecular weight excluding hydrogens is 276 g/mol. The maximum atomic E-state index is 9.44. The number of methoxy groups -OCH3 is 1. The standard InChI is InChI=1S/C18H24N2O2/c1-3-16(20-21)18(14-9-5-4-6-10-14)19-13-15-11-7-8-12-17(15)22-2/h4-12,16,18-21H,3,13H2,1-2H3/t16-,18+/m1/s1. The fourth-order valence-electron chi connectivity index (χ4n) is 2.62. The molecule has 0 saturated carbocycles. The van der Waals surface area contributed by atoms with Gasteiger partial charge in [-0.3, -0.25) is 0 Å². The zero-order valence-corrected chi connectivity index (χ0v) is 13.1. The Kier molecular flexibility index (Phi) is 6.40. The van der Waals surface area contributed by atoms with E-state index in [9.17, 15) is 5.21 Å². The Balaban J connectivity index is 2.16. The third kappa shape index (κ3) is 4.07. The lowest BCUT2D eigenvalue weighted by molar-refractivity contribution is 0.103. The zero-order valence-electron chi connectivity index (χ0n) is 13.1. The monoisotopic (exact) mass is 300 g/mol. The molecule has 2 rings (SSSR count). The van der Waals surface area contributed by atoms with Crippen LogP contribution in [0.1, 0.15) is 30.5 Å². The number of hydrogen-bond acceptors (Lipinski definition) is 4. The minimum Gasteiger partial charge on any atom is -0.496 e. The molecule has 0 amide bonds. The van der Waals surface area contributed by atoms with Gasteiger partial charge in [0.15, 0.2) is 0 Å². The van der Waals surface area contributed by atoms with E-state index in [0.29, 0.717) is 6.54 Å². The lowest BCUT2D eigenvalue weighted by Crippen LogP contribution is -2.39. The number of hydroxylamine groups is 1. The van der Waals surface area contributed by atoms with Crippen LogP contribution >= 0.6 is 0 Å². The maximum absolute atomic E-state index is 9.44. The quantitative estimate of drug-likeness (QED) is 0.655. The molecule has 0 aromatic heterocycles. The van der Waals surface area contributed by atoms with Crippen LogP contribution in [0.5, 0.6) is 5.75 Å². The minimum absolute atomic E-state index is 0.0149. The lowest BCUT2D eigenvalue weighted by atomic mass is 9.97. The molecule has 0 fully saturated rings. The van der Waals surface area contributed by atoms with Gasteiger partial charge in [0.25, 0.3) is 0 Å². The molecule has 0 aliphatic heterocycles. The van der Waals surface area contributed by atoms with Crippen LogP contribution in [0, 0.1) is 0 Å². The molecule has 0 aliphatic carbocycles. The number of para-hydroxylation sites is 1. The van der Waals surface area contributed by atoms with E-state index in [-0.39, 0.29) is 12.1 Å². The summed E-state index contributed by atoms with van der Waals surface area (Å²) >= 11 is 0. The van der Waals surface area contributed by atoms with Gasteiger partial charge < -0.3 is 15.3 Å². The average Bonchev–Trinajstić information content (AvgIpc) is 2.59. The molecule has 2 atom stereocenters. The molecule has 0 bridgehead atoms. The van der Waals surface area contributed by atoms with Crippen molar-refractivity contribution in [2.24, 2.45) is 0 Å². The van der Waals surface area contributed by atoms with Crippen molar-refractivity contribution in [3.63, 3.8) is 0 Å². The number of nitrogens with one attached hydrogen (secondary N) is 2. The third-order valence-electron chi connectivity index (χ3n) is 3.87. The van der Waals surface area contributed by atoms with Crippen LogP contribution in [0.2, 0.25) is 0 Å². The minimum atomic E-state index is -0.0582. The molecule has 0 spiro atoms. The highest BCUT2D eigenvalue weighted by Gasteiger charge is 2.21. The fourth-order valence-corrected chi connectivity index (χ4v) is 2.62. The van der Waals surface area contributed by atoms with Crippen LogP contribution in [0.3, 0.4) is 0 Å². The number of rotatable bonds is 8. The van der Waals surface area contributed by atoms with Crippen LogP contribution in [-0.2, 0) is 6.54 Å². The first kappa shape index (κ1) is 16.5. The first-order valence-electron chi connectivity index (χ1n) is 7.60. The van der Waals surface area contributed by atoms with Gasteiger partial charge in [0.2, 0.25) is 0 Å². The Morgan fingerprint density at radius 1 is 1.05 bits per heavy atom. The van der Waals surface area contributed by atoms with E-state index in [1.54, 1.807) is 7.11 Å². The van der Waals surface area contributed by atoms with E-state index >= 15 is 0 Å². The number of hydrogen-bond donors (Lipinski definition) is 3. The first-order valence-corrected chi connectivity index (χ1v) is 7.60. The van der Waals surface area contributed by atoms with Gasteiger partial charge in [-0.05, 0) is 18.1 Å². The van der Waals surface area contributed by atoms with Crippen molar-refractivity contribution in [2.75, 3.05) is 7.11 Å². The fraction of sp³-hybridized carbons (Fsp3) is 0.333. The Labute approximate surface area is 132 Å². The highest BCUT2D eigenvalue weighted by molar-refractivity contribution is 5.33. The molecule has 0 unspecified atom stereocenters. The van der Waals surface area contributed by atoms with Crippen molar-refractivity contribution in [1.82, 2.24) is 10.8 Å². The van der Waals surface area contributed by atoms with Crippen molar-refractivity contribution >= 4 is 0 Å². The molecule has 0 aliphatic rings. The van der Waals surface area contributed by atoms with Gasteiger partial charge in [-0.2, -0.15) is 0 Å². The van der Waals surface area contributed by atoms with Crippen LogP contribution < -0.4 is 15.5 Å².